The first-order valence-corrected chi connectivity index (χ1v) is 7.98. The zero-order valence-electron chi connectivity index (χ0n) is 13.4. The topological polar surface area (TPSA) is 83.5 Å². The number of hydrogen-bond donors (Lipinski definition) is 2. The minimum Gasteiger partial charge on any atom is -0.321 e. The highest BCUT2D eigenvalue weighted by Gasteiger charge is 2.29. The molecule has 0 saturated heterocycles. The van der Waals surface area contributed by atoms with E-state index in [0.29, 0.717) is 11.3 Å². The minimum atomic E-state index is -4.37. The zero-order chi connectivity index (χ0) is 19.2. The first-order valence-electron chi connectivity index (χ1n) is 7.16. The van der Waals surface area contributed by atoms with Crippen molar-refractivity contribution < 1.29 is 22.8 Å². The average Bonchev–Trinajstić information content (AvgIpc) is 2.60. The number of hydrogen-bond acceptors (Lipinski definition) is 5. The molecule has 0 aliphatic heterocycles. The lowest BCUT2D eigenvalue weighted by Crippen LogP contribution is -2.25. The molecule has 0 bridgehead atoms. The van der Waals surface area contributed by atoms with E-state index in [9.17, 15) is 22.8 Å². The van der Waals surface area contributed by atoms with Gasteiger partial charge in [0.05, 0.1) is 0 Å². The fraction of sp³-hybridized carbons (Fsp3) is 0.125. The molecule has 1 aromatic carbocycles. The number of nitrogens with one attached hydrogen (secondary N) is 2. The average molecular weight is 382 g/mol. The van der Waals surface area contributed by atoms with Gasteiger partial charge in [0.25, 0.3) is 11.8 Å². The summed E-state index contributed by atoms with van der Waals surface area (Å²) in [6, 6.07) is 8.14. The second-order valence-corrected chi connectivity index (χ2v) is 6.04. The van der Waals surface area contributed by atoms with Gasteiger partial charge in [0.15, 0.2) is 0 Å². The van der Waals surface area contributed by atoms with Gasteiger partial charge < -0.3 is 5.32 Å². The predicted molar refractivity (Wildman–Crippen MR) is 91.8 cm³/mol. The van der Waals surface area contributed by atoms with Gasteiger partial charge in [-0.25, -0.2) is 5.43 Å². The summed E-state index contributed by atoms with van der Waals surface area (Å²) in [4.78, 5) is 27.6. The van der Waals surface area contributed by atoms with E-state index in [0.717, 1.165) is 0 Å². The summed E-state index contributed by atoms with van der Waals surface area (Å²) in [6.45, 7) is 1.38. The number of rotatable bonds is 5. The first-order chi connectivity index (χ1) is 12.2. The fourth-order valence-electron chi connectivity index (χ4n) is 1.71. The van der Waals surface area contributed by atoms with Crippen LogP contribution in [0.2, 0.25) is 0 Å². The summed E-state index contributed by atoms with van der Waals surface area (Å²) in [5, 5.41) is 6.17. The lowest BCUT2D eigenvalue weighted by molar-refractivity contribution is -0.110. The van der Waals surface area contributed by atoms with E-state index in [2.05, 4.69) is 20.8 Å². The van der Waals surface area contributed by atoms with Crippen LogP contribution >= 0.6 is 11.8 Å². The molecule has 10 heteroatoms. The van der Waals surface area contributed by atoms with Crippen molar-refractivity contribution in [3.05, 3.63) is 54.4 Å². The van der Waals surface area contributed by atoms with Gasteiger partial charge in [0.2, 0.25) is 0 Å². The normalized spacial score (nSPS) is 11.8. The molecular weight excluding hydrogens is 369 g/mol. The number of hydrazone groups is 1. The maximum absolute atomic E-state index is 12.3. The summed E-state index contributed by atoms with van der Waals surface area (Å²) in [5.41, 5.74) is -1.54. The molecule has 0 unspecified atom stereocenters. The van der Waals surface area contributed by atoms with Crippen molar-refractivity contribution in [2.24, 2.45) is 5.10 Å². The maximum atomic E-state index is 12.3. The molecule has 0 radical (unpaired) electrons. The van der Waals surface area contributed by atoms with Crippen LogP contribution in [-0.2, 0) is 4.79 Å². The Morgan fingerprint density at radius 3 is 2.27 bits per heavy atom. The van der Waals surface area contributed by atoms with E-state index >= 15 is 0 Å². The Morgan fingerprint density at radius 1 is 1.08 bits per heavy atom. The molecule has 0 aliphatic carbocycles. The Labute approximate surface area is 150 Å². The van der Waals surface area contributed by atoms with Crippen LogP contribution < -0.4 is 10.7 Å². The third-order valence-corrected chi connectivity index (χ3v) is 3.68. The van der Waals surface area contributed by atoms with Gasteiger partial charge in [-0.05, 0) is 55.1 Å². The number of thioether (sulfide) groups is 1. The number of carbonyl (C=O) groups is 2. The molecule has 0 aliphatic rings. The number of anilines is 1. The molecule has 0 atom stereocenters. The van der Waals surface area contributed by atoms with E-state index in [-0.39, 0.29) is 22.4 Å². The van der Waals surface area contributed by atoms with Crippen molar-refractivity contribution in [2.75, 3.05) is 5.32 Å². The molecule has 136 valence electrons. The largest absolute Gasteiger partial charge is 0.446 e. The van der Waals surface area contributed by atoms with Gasteiger partial charge in [0, 0.05) is 28.5 Å². The van der Waals surface area contributed by atoms with Gasteiger partial charge in [-0.15, -0.1) is 0 Å². The molecule has 2 rings (SSSR count). The van der Waals surface area contributed by atoms with Crippen molar-refractivity contribution in [1.29, 1.82) is 0 Å². The second kappa shape index (κ2) is 8.48. The molecule has 6 nitrogen and oxygen atoms in total. The van der Waals surface area contributed by atoms with Crippen molar-refractivity contribution in [1.82, 2.24) is 10.4 Å². The number of carbonyl (C=O) groups excluding carboxylic acids is 2. The van der Waals surface area contributed by atoms with E-state index in [1.54, 1.807) is 0 Å². The zero-order valence-corrected chi connectivity index (χ0v) is 14.2. The number of amides is 2. The summed E-state index contributed by atoms with van der Waals surface area (Å²) in [7, 11) is 0. The number of nitrogens with zero attached hydrogens (tertiary/aromatic N) is 2. The molecule has 0 saturated carbocycles. The lowest BCUT2D eigenvalue weighted by atomic mass is 10.2. The Balaban J connectivity index is 1.93. The van der Waals surface area contributed by atoms with Crippen molar-refractivity contribution in [2.45, 2.75) is 17.3 Å². The summed E-state index contributed by atoms with van der Waals surface area (Å²) in [5.74, 6) is -1.11. The lowest BCUT2D eigenvalue weighted by Gasteiger charge is -2.08. The van der Waals surface area contributed by atoms with Crippen molar-refractivity contribution >= 4 is 35.0 Å². The summed E-state index contributed by atoms with van der Waals surface area (Å²) in [6.07, 6.45) is 2.89. The third kappa shape index (κ3) is 6.20. The van der Waals surface area contributed by atoms with E-state index in [4.69, 9.17) is 0 Å². The molecule has 2 amide bonds. The SMILES string of the molecule is C/C(=N\NC(=O)c1ccncc1)C(=O)Nc1ccc(SC(F)(F)F)cc1. The number of alkyl halides is 3. The van der Waals surface area contributed by atoms with Gasteiger partial charge in [-0.1, -0.05) is 0 Å². The van der Waals surface area contributed by atoms with E-state index in [1.165, 1.54) is 55.7 Å². The van der Waals surface area contributed by atoms with E-state index in [1.807, 2.05) is 0 Å². The van der Waals surface area contributed by atoms with Crippen LogP contribution in [0.15, 0.2) is 58.8 Å². The van der Waals surface area contributed by atoms with Crippen LogP contribution in [0.5, 0.6) is 0 Å². The molecular formula is C16H13F3N4O2S. The number of halogens is 3. The summed E-state index contributed by atoms with van der Waals surface area (Å²) < 4.78 is 36.8. The van der Waals surface area contributed by atoms with Gasteiger partial charge in [0.1, 0.15) is 5.71 Å². The van der Waals surface area contributed by atoms with Crippen LogP contribution in [0.1, 0.15) is 17.3 Å². The molecule has 2 aromatic rings. The maximum Gasteiger partial charge on any atom is 0.446 e. The van der Waals surface area contributed by atoms with Gasteiger partial charge in [-0.3, -0.25) is 14.6 Å². The van der Waals surface area contributed by atoms with Crippen LogP contribution in [-0.4, -0.2) is 28.0 Å². The third-order valence-electron chi connectivity index (χ3n) is 2.94. The molecule has 0 fully saturated rings. The molecule has 26 heavy (non-hydrogen) atoms. The second-order valence-electron chi connectivity index (χ2n) is 4.90. The predicted octanol–water partition coefficient (Wildman–Crippen LogP) is 3.44. The molecule has 0 spiro atoms. The van der Waals surface area contributed by atoms with Crippen LogP contribution in [0.3, 0.4) is 0 Å². The standard InChI is InChI=1S/C16H13F3N4O2S/c1-10(22-23-15(25)11-6-8-20-9-7-11)14(24)21-12-2-4-13(5-3-12)26-16(17,18)19/h2-9H,1H3,(H,21,24)(H,23,25)/b22-10+. The Hall–Kier alpha value is -2.88. The van der Waals surface area contributed by atoms with E-state index < -0.39 is 17.3 Å². The quantitative estimate of drug-likeness (QED) is 0.471. The van der Waals surface area contributed by atoms with Crippen LogP contribution in [0.25, 0.3) is 0 Å². The van der Waals surface area contributed by atoms with Crippen LogP contribution in [0.4, 0.5) is 18.9 Å². The molecule has 2 N–H and O–H groups in total. The monoisotopic (exact) mass is 382 g/mol. The Bertz CT molecular complexity index is 808. The van der Waals surface area contributed by atoms with Gasteiger partial charge in [-0.2, -0.15) is 18.3 Å². The minimum absolute atomic E-state index is 0.00509. The van der Waals surface area contributed by atoms with Crippen LogP contribution in [0, 0.1) is 0 Å². The first kappa shape index (κ1) is 19.4. The van der Waals surface area contributed by atoms with Gasteiger partial charge >= 0.3 is 5.51 Å². The van der Waals surface area contributed by atoms with Crippen molar-refractivity contribution in [3.8, 4) is 0 Å². The number of aromatic nitrogens is 1. The molecule has 1 heterocycles. The summed E-state index contributed by atoms with van der Waals surface area (Å²) >= 11 is -0.244. The number of benzene rings is 1. The fourth-order valence-corrected chi connectivity index (χ4v) is 2.25. The van der Waals surface area contributed by atoms with Crippen molar-refractivity contribution in [3.63, 3.8) is 0 Å². The highest BCUT2D eigenvalue weighted by molar-refractivity contribution is 8.00. The molecule has 1 aromatic heterocycles. The number of pyridine rings is 1. The Morgan fingerprint density at radius 2 is 1.69 bits per heavy atom. The smallest absolute Gasteiger partial charge is 0.321 e. The highest BCUT2D eigenvalue weighted by atomic mass is 32.2. The Kier molecular flexibility index (Phi) is 6.34. The highest BCUT2D eigenvalue weighted by Crippen LogP contribution is 2.36.